The molecule has 1 N–H and O–H groups in total. The van der Waals surface area contributed by atoms with Crippen LogP contribution in [0.2, 0.25) is 0 Å². The van der Waals surface area contributed by atoms with E-state index in [4.69, 9.17) is 5.11 Å². The molecule has 0 aromatic carbocycles. The van der Waals surface area contributed by atoms with Crippen LogP contribution in [0.5, 0.6) is 0 Å². The lowest BCUT2D eigenvalue weighted by Gasteiger charge is -2.15. The molecule has 11 heavy (non-hydrogen) atoms. The van der Waals surface area contributed by atoms with Crippen LogP contribution in [0.3, 0.4) is 0 Å². The van der Waals surface area contributed by atoms with Crippen molar-refractivity contribution in [2.75, 3.05) is 0 Å². The molecule has 0 aromatic rings. The molecule has 0 amide bonds. The molecule has 0 spiro atoms. The first kappa shape index (κ1) is 8.57. The molecule has 0 aromatic heterocycles. The standard InChI is InChI=1S/C9H16O2/c1-6-3-4-8(7(6)2)5-9(10)11/h6-8H,3-5H2,1-2H3,(H,10,11). The lowest BCUT2D eigenvalue weighted by atomic mass is 9.90. The lowest BCUT2D eigenvalue weighted by Crippen LogP contribution is -2.12. The number of rotatable bonds is 2. The maximum absolute atomic E-state index is 10.4. The van der Waals surface area contributed by atoms with Crippen LogP contribution in [0.1, 0.15) is 33.1 Å². The molecule has 0 aliphatic heterocycles. The highest BCUT2D eigenvalue weighted by atomic mass is 16.4. The summed E-state index contributed by atoms with van der Waals surface area (Å²) in [6.45, 7) is 4.39. The van der Waals surface area contributed by atoms with Gasteiger partial charge in [-0.1, -0.05) is 20.3 Å². The molecular weight excluding hydrogens is 140 g/mol. The topological polar surface area (TPSA) is 37.3 Å². The fourth-order valence-corrected chi connectivity index (χ4v) is 1.98. The Balaban J connectivity index is 2.42. The summed E-state index contributed by atoms with van der Waals surface area (Å²) in [5.41, 5.74) is 0. The van der Waals surface area contributed by atoms with Crippen molar-refractivity contribution in [1.82, 2.24) is 0 Å². The van der Waals surface area contributed by atoms with Gasteiger partial charge < -0.3 is 5.11 Å². The Morgan fingerprint density at radius 3 is 2.45 bits per heavy atom. The van der Waals surface area contributed by atoms with Gasteiger partial charge in [-0.3, -0.25) is 4.79 Å². The van der Waals surface area contributed by atoms with Gasteiger partial charge in [-0.15, -0.1) is 0 Å². The molecule has 0 saturated heterocycles. The number of carboxylic acids is 1. The van der Waals surface area contributed by atoms with Crippen LogP contribution in [0.25, 0.3) is 0 Å². The number of carboxylic acid groups (broad SMARTS) is 1. The Kier molecular flexibility index (Phi) is 2.53. The Labute approximate surface area is 67.6 Å². The van der Waals surface area contributed by atoms with Crippen molar-refractivity contribution in [3.05, 3.63) is 0 Å². The Morgan fingerprint density at radius 2 is 2.09 bits per heavy atom. The Bertz CT molecular complexity index is 154. The van der Waals surface area contributed by atoms with Gasteiger partial charge in [0.2, 0.25) is 0 Å². The zero-order valence-corrected chi connectivity index (χ0v) is 7.21. The van der Waals surface area contributed by atoms with Gasteiger partial charge in [0, 0.05) is 6.42 Å². The van der Waals surface area contributed by atoms with Crippen LogP contribution < -0.4 is 0 Å². The summed E-state index contributed by atoms with van der Waals surface area (Å²) >= 11 is 0. The minimum atomic E-state index is -0.643. The van der Waals surface area contributed by atoms with Crippen molar-refractivity contribution in [3.63, 3.8) is 0 Å². The molecule has 0 bridgehead atoms. The van der Waals surface area contributed by atoms with Crippen molar-refractivity contribution in [2.24, 2.45) is 17.8 Å². The molecule has 1 aliphatic carbocycles. The summed E-state index contributed by atoms with van der Waals surface area (Å²) < 4.78 is 0. The van der Waals surface area contributed by atoms with E-state index in [0.29, 0.717) is 18.3 Å². The summed E-state index contributed by atoms with van der Waals surface area (Å²) in [5.74, 6) is 1.11. The van der Waals surface area contributed by atoms with E-state index < -0.39 is 5.97 Å². The average Bonchev–Trinajstić information content (AvgIpc) is 2.18. The van der Waals surface area contributed by atoms with E-state index >= 15 is 0 Å². The van der Waals surface area contributed by atoms with E-state index in [9.17, 15) is 4.79 Å². The third-order valence-corrected chi connectivity index (χ3v) is 3.07. The van der Waals surface area contributed by atoms with Crippen LogP contribution in [0.4, 0.5) is 0 Å². The smallest absolute Gasteiger partial charge is 0.303 e. The first-order valence-corrected chi connectivity index (χ1v) is 4.33. The number of hydrogen-bond acceptors (Lipinski definition) is 1. The lowest BCUT2D eigenvalue weighted by molar-refractivity contribution is -0.138. The van der Waals surface area contributed by atoms with Gasteiger partial charge in [0.05, 0.1) is 0 Å². The molecule has 1 saturated carbocycles. The fraction of sp³-hybridized carbons (Fsp3) is 0.889. The largest absolute Gasteiger partial charge is 0.481 e. The second-order valence-corrected chi connectivity index (χ2v) is 3.77. The van der Waals surface area contributed by atoms with E-state index in [1.165, 1.54) is 6.42 Å². The zero-order chi connectivity index (χ0) is 8.43. The second kappa shape index (κ2) is 3.24. The summed E-state index contributed by atoms with van der Waals surface area (Å²) in [6.07, 6.45) is 2.68. The summed E-state index contributed by atoms with van der Waals surface area (Å²) in [6, 6.07) is 0. The second-order valence-electron chi connectivity index (χ2n) is 3.77. The van der Waals surface area contributed by atoms with Crippen LogP contribution in [-0.2, 0) is 4.79 Å². The van der Waals surface area contributed by atoms with Crippen LogP contribution >= 0.6 is 0 Å². The first-order valence-electron chi connectivity index (χ1n) is 4.33. The molecule has 3 unspecified atom stereocenters. The predicted molar refractivity (Wildman–Crippen MR) is 43.3 cm³/mol. The predicted octanol–water partition coefficient (Wildman–Crippen LogP) is 2.14. The molecule has 1 rings (SSSR count). The van der Waals surface area contributed by atoms with Gasteiger partial charge >= 0.3 is 5.97 Å². The molecular formula is C9H16O2. The molecule has 2 nitrogen and oxygen atoms in total. The highest BCUT2D eigenvalue weighted by Gasteiger charge is 2.30. The van der Waals surface area contributed by atoms with Gasteiger partial charge in [0.15, 0.2) is 0 Å². The molecule has 64 valence electrons. The minimum Gasteiger partial charge on any atom is -0.481 e. The first-order chi connectivity index (χ1) is 5.11. The average molecular weight is 156 g/mol. The zero-order valence-electron chi connectivity index (χ0n) is 7.21. The molecule has 2 heteroatoms. The van der Waals surface area contributed by atoms with E-state index in [1.807, 2.05) is 0 Å². The Morgan fingerprint density at radius 1 is 1.45 bits per heavy atom. The summed E-state index contributed by atoms with van der Waals surface area (Å²) in [5, 5.41) is 8.58. The van der Waals surface area contributed by atoms with Crippen molar-refractivity contribution < 1.29 is 9.90 Å². The van der Waals surface area contributed by atoms with Crippen LogP contribution in [-0.4, -0.2) is 11.1 Å². The SMILES string of the molecule is CC1CCC(CC(=O)O)C1C. The molecule has 0 heterocycles. The van der Waals surface area contributed by atoms with Crippen molar-refractivity contribution in [3.8, 4) is 0 Å². The van der Waals surface area contributed by atoms with E-state index in [-0.39, 0.29) is 0 Å². The number of hydrogen-bond donors (Lipinski definition) is 1. The monoisotopic (exact) mass is 156 g/mol. The van der Waals surface area contributed by atoms with Gasteiger partial charge in [0.25, 0.3) is 0 Å². The molecule has 0 radical (unpaired) electrons. The summed E-state index contributed by atoms with van der Waals surface area (Å²) in [7, 11) is 0. The Hall–Kier alpha value is -0.530. The quantitative estimate of drug-likeness (QED) is 0.665. The normalized spacial score (nSPS) is 37.5. The van der Waals surface area contributed by atoms with E-state index in [0.717, 1.165) is 12.3 Å². The van der Waals surface area contributed by atoms with E-state index in [1.54, 1.807) is 0 Å². The molecule has 1 aliphatic rings. The number of aliphatic carboxylic acids is 1. The fourth-order valence-electron chi connectivity index (χ4n) is 1.98. The molecule has 1 fully saturated rings. The van der Waals surface area contributed by atoms with Gasteiger partial charge in [-0.2, -0.15) is 0 Å². The van der Waals surface area contributed by atoms with Crippen molar-refractivity contribution in [1.29, 1.82) is 0 Å². The minimum absolute atomic E-state index is 0.367. The summed E-state index contributed by atoms with van der Waals surface area (Å²) in [4.78, 5) is 10.4. The maximum atomic E-state index is 10.4. The highest BCUT2D eigenvalue weighted by Crippen LogP contribution is 2.38. The molecule has 3 atom stereocenters. The van der Waals surface area contributed by atoms with Crippen molar-refractivity contribution >= 4 is 5.97 Å². The van der Waals surface area contributed by atoms with Crippen molar-refractivity contribution in [2.45, 2.75) is 33.1 Å². The third-order valence-electron chi connectivity index (χ3n) is 3.07. The van der Waals surface area contributed by atoms with Crippen LogP contribution in [0, 0.1) is 17.8 Å². The van der Waals surface area contributed by atoms with Gasteiger partial charge in [-0.25, -0.2) is 0 Å². The highest BCUT2D eigenvalue weighted by molar-refractivity contribution is 5.67. The van der Waals surface area contributed by atoms with Gasteiger partial charge in [-0.05, 0) is 24.2 Å². The third kappa shape index (κ3) is 1.95. The van der Waals surface area contributed by atoms with E-state index in [2.05, 4.69) is 13.8 Å². The van der Waals surface area contributed by atoms with Crippen LogP contribution in [0.15, 0.2) is 0 Å². The maximum Gasteiger partial charge on any atom is 0.303 e. The van der Waals surface area contributed by atoms with Gasteiger partial charge in [0.1, 0.15) is 0 Å². The number of carbonyl (C=O) groups is 1.